The van der Waals surface area contributed by atoms with Gasteiger partial charge in [-0.15, -0.1) is 0 Å². The van der Waals surface area contributed by atoms with Crippen molar-refractivity contribution in [3.63, 3.8) is 0 Å². The zero-order valence-corrected chi connectivity index (χ0v) is 13.4. The highest BCUT2D eigenvalue weighted by atomic mass is 35.5. The number of nitrogens with zero attached hydrogens (tertiary/aromatic N) is 3. The number of carbonyl (C=O) groups excluding carboxylic acids is 2. The summed E-state index contributed by atoms with van der Waals surface area (Å²) < 4.78 is 21.1. The molecule has 0 radical (unpaired) electrons. The number of alkyl halides is 3. The van der Waals surface area contributed by atoms with E-state index in [1.165, 1.54) is 11.9 Å². The molecular weight excluding hydrogens is 336 g/mol. The Morgan fingerprint density at radius 2 is 2.15 bits per heavy atom. The average molecular weight is 348 g/mol. The van der Waals surface area contributed by atoms with Crippen LogP contribution in [0.4, 0.5) is 13.6 Å². The van der Waals surface area contributed by atoms with E-state index in [1.807, 2.05) is 0 Å². The number of hydrogen-bond donors (Lipinski definition) is 0. The summed E-state index contributed by atoms with van der Waals surface area (Å²) in [6, 6.07) is 0. The van der Waals surface area contributed by atoms with Crippen LogP contribution in [-0.4, -0.2) is 49.9 Å². The van der Waals surface area contributed by atoms with Gasteiger partial charge >= 0.3 is 10.8 Å². The summed E-state index contributed by atoms with van der Waals surface area (Å²) in [4.78, 5) is 28.9. The second-order valence-electron chi connectivity index (χ2n) is 4.24. The molecule has 0 aromatic rings. The Labute approximate surface area is 127 Å². The van der Waals surface area contributed by atoms with Gasteiger partial charge in [-0.05, 0) is 30.6 Å². The van der Waals surface area contributed by atoms with Gasteiger partial charge in [0.25, 0.3) is 0 Å². The molecule has 1 aliphatic heterocycles. The van der Waals surface area contributed by atoms with Gasteiger partial charge in [-0.1, -0.05) is 11.8 Å². The number of amidine groups is 1. The Morgan fingerprint density at radius 3 is 2.55 bits per heavy atom. The van der Waals surface area contributed by atoms with Gasteiger partial charge in [0.2, 0.25) is 11.1 Å². The predicted molar refractivity (Wildman–Crippen MR) is 74.5 cm³/mol. The lowest BCUT2D eigenvalue weighted by atomic mass is 10.2. The van der Waals surface area contributed by atoms with Gasteiger partial charge < -0.3 is 0 Å². The van der Waals surface area contributed by atoms with Crippen LogP contribution in [0.2, 0.25) is 0 Å². The van der Waals surface area contributed by atoms with Crippen molar-refractivity contribution < 1.29 is 23.2 Å². The van der Waals surface area contributed by atoms with E-state index in [0.29, 0.717) is 4.31 Å². The monoisotopic (exact) mass is 347 g/mol. The second kappa shape index (κ2) is 5.94. The van der Waals surface area contributed by atoms with Crippen LogP contribution in [0.15, 0.2) is 5.16 Å². The van der Waals surface area contributed by atoms with E-state index in [-0.39, 0.29) is 23.0 Å². The van der Waals surface area contributed by atoms with Gasteiger partial charge in [-0.2, -0.15) is 8.78 Å². The zero-order chi connectivity index (χ0) is 15.7. The number of oxime groups is 1. The largest absolute Gasteiger partial charge is 0.446 e. The molecule has 2 amide bonds. The summed E-state index contributed by atoms with van der Waals surface area (Å²) in [5, 5.41) is 3.66. The number of rotatable bonds is 3. The lowest BCUT2D eigenvalue weighted by Crippen LogP contribution is -2.33. The molecule has 0 bridgehead atoms. The fraction of sp³-hybridized carbons (Fsp3) is 0.667. The highest BCUT2D eigenvalue weighted by Crippen LogP contribution is 2.37. The van der Waals surface area contributed by atoms with Crippen molar-refractivity contribution in [2.45, 2.75) is 23.3 Å². The molecule has 0 aromatic carbocycles. The fourth-order valence-corrected chi connectivity index (χ4v) is 2.94. The maximum absolute atomic E-state index is 12.5. The van der Waals surface area contributed by atoms with E-state index in [9.17, 15) is 18.4 Å². The summed E-state index contributed by atoms with van der Waals surface area (Å²) in [5.41, 5.74) is 0. The average Bonchev–Trinajstić information content (AvgIpc) is 2.47. The first-order valence-electron chi connectivity index (χ1n) is 5.20. The summed E-state index contributed by atoms with van der Waals surface area (Å²) in [7, 11) is 2.53. The lowest BCUT2D eigenvalue weighted by molar-refractivity contribution is -0.127. The van der Waals surface area contributed by atoms with Crippen LogP contribution < -0.4 is 0 Å². The highest BCUT2D eigenvalue weighted by Gasteiger charge is 2.43. The summed E-state index contributed by atoms with van der Waals surface area (Å²) in [5.74, 6) is -0.202. The summed E-state index contributed by atoms with van der Waals surface area (Å²) in [6.45, 7) is 3.38. The zero-order valence-electron chi connectivity index (χ0n) is 11.0. The third-order valence-electron chi connectivity index (χ3n) is 2.15. The summed E-state index contributed by atoms with van der Waals surface area (Å²) in [6.07, 6.45) is -1.13. The van der Waals surface area contributed by atoms with Gasteiger partial charge in [0.1, 0.15) is 0 Å². The molecule has 0 aromatic heterocycles. The number of carbonyl (C=O) groups is 2. The molecule has 0 aliphatic carbocycles. The Kier molecular flexibility index (Phi) is 5.14. The van der Waals surface area contributed by atoms with Gasteiger partial charge in [-0.3, -0.25) is 14.5 Å². The molecule has 0 saturated carbocycles. The van der Waals surface area contributed by atoms with Crippen LogP contribution >= 0.6 is 35.3 Å². The van der Waals surface area contributed by atoms with E-state index in [4.69, 9.17) is 0 Å². The van der Waals surface area contributed by atoms with Crippen molar-refractivity contribution in [3.05, 3.63) is 0 Å². The van der Waals surface area contributed by atoms with Crippen molar-refractivity contribution >= 4 is 52.5 Å². The first-order chi connectivity index (χ1) is 8.94. The number of halogens is 3. The normalized spacial score (nSPS) is 20.4. The molecule has 1 saturated heterocycles. The lowest BCUT2D eigenvalue weighted by Gasteiger charge is -2.16. The molecule has 0 spiro atoms. The Morgan fingerprint density at radius 1 is 1.60 bits per heavy atom. The first-order valence-corrected chi connectivity index (χ1v) is 7.16. The minimum Gasteiger partial charge on any atom is -0.295 e. The summed E-state index contributed by atoms with van der Waals surface area (Å²) >= 11 is 5.55. The molecule has 1 fully saturated rings. The Balaban J connectivity index is 2.65. The molecule has 1 aliphatic rings. The molecule has 11 heteroatoms. The van der Waals surface area contributed by atoms with Gasteiger partial charge in [-0.25, -0.2) is 9.10 Å². The Bertz CT molecular complexity index is 456. The molecule has 1 heterocycles. The van der Waals surface area contributed by atoms with Crippen molar-refractivity contribution in [3.8, 4) is 0 Å². The molecule has 0 unspecified atom stereocenters. The molecule has 20 heavy (non-hydrogen) atoms. The van der Waals surface area contributed by atoms with Gasteiger partial charge in [0, 0.05) is 26.0 Å². The van der Waals surface area contributed by atoms with Crippen LogP contribution in [-0.2, 0) is 9.63 Å². The fourth-order valence-electron chi connectivity index (χ4n) is 1.24. The van der Waals surface area contributed by atoms with Crippen molar-refractivity contribution in [1.29, 1.82) is 0 Å². The van der Waals surface area contributed by atoms with Gasteiger partial charge in [0.15, 0.2) is 0 Å². The first kappa shape index (κ1) is 17.3. The van der Waals surface area contributed by atoms with E-state index in [0.717, 1.165) is 18.8 Å². The minimum absolute atomic E-state index is 0.171. The van der Waals surface area contributed by atoms with Gasteiger partial charge in [0.05, 0.1) is 4.75 Å². The quantitative estimate of drug-likeness (QED) is 0.340. The smallest absolute Gasteiger partial charge is 0.295 e. The van der Waals surface area contributed by atoms with E-state index < -0.39 is 15.6 Å². The topological polar surface area (TPSA) is 62.2 Å². The molecular formula is C9H12ClF2N3O3S2. The predicted octanol–water partition coefficient (Wildman–Crippen LogP) is 2.75. The van der Waals surface area contributed by atoms with Crippen molar-refractivity contribution in [2.75, 3.05) is 14.1 Å². The van der Waals surface area contributed by atoms with Crippen molar-refractivity contribution in [2.24, 2.45) is 5.16 Å². The van der Waals surface area contributed by atoms with Crippen LogP contribution in [0, 0.1) is 0 Å². The number of hydrogen-bond acceptors (Lipinski definition) is 6. The van der Waals surface area contributed by atoms with Crippen LogP contribution in [0.25, 0.3) is 0 Å². The van der Waals surface area contributed by atoms with Crippen LogP contribution in [0.1, 0.15) is 13.8 Å². The molecule has 1 rings (SSSR count). The Hall–Kier alpha value is -0.740. The van der Waals surface area contributed by atoms with E-state index in [1.54, 1.807) is 13.8 Å². The molecule has 6 nitrogen and oxygen atoms in total. The molecule has 0 atom stereocenters. The van der Waals surface area contributed by atoms with E-state index in [2.05, 4.69) is 21.6 Å². The number of thioether (sulfide) groups is 1. The maximum atomic E-state index is 12.5. The minimum atomic E-state index is -3.63. The van der Waals surface area contributed by atoms with E-state index >= 15 is 0 Å². The van der Waals surface area contributed by atoms with Crippen LogP contribution in [0.5, 0.6) is 0 Å². The van der Waals surface area contributed by atoms with Crippen molar-refractivity contribution in [1.82, 2.24) is 9.21 Å². The molecule has 114 valence electrons. The third kappa shape index (κ3) is 4.38. The molecule has 0 N–H and O–H groups in total. The SMILES string of the molecule is CN(SC(F)(F)Cl)C(=O)ON=C1SC(C)(C)C(=O)N1C. The van der Waals surface area contributed by atoms with Crippen LogP contribution in [0.3, 0.4) is 0 Å². The maximum Gasteiger partial charge on any atom is 0.446 e. The number of amides is 2. The third-order valence-corrected chi connectivity index (χ3v) is 4.21. The second-order valence-corrected chi connectivity index (χ2v) is 7.77. The standard InChI is InChI=1S/C9H12ClF2N3O3S2/c1-8(2)5(16)14(3)6(19-8)13-18-7(17)15(4)20-9(10,11)12/h1-4H3. The highest BCUT2D eigenvalue weighted by molar-refractivity contribution is 8.16.